The standard InChI is InChI=1S/C23H21N/c1-4-19-16-24-14-13-23(19)15-18(3)20-9-11-22(12-10-20)21-7-5-17(2)6-8-21/h4-16H,1H2,2-3H3/b18-15+. The zero-order chi connectivity index (χ0) is 16.9. The Balaban J connectivity index is 1.88. The molecule has 0 saturated heterocycles. The van der Waals surface area contributed by atoms with Gasteiger partial charge in [0.25, 0.3) is 0 Å². The van der Waals surface area contributed by atoms with Gasteiger partial charge in [-0.1, -0.05) is 72.8 Å². The van der Waals surface area contributed by atoms with Gasteiger partial charge in [0.15, 0.2) is 0 Å². The quantitative estimate of drug-likeness (QED) is 0.554. The average molecular weight is 311 g/mol. The van der Waals surface area contributed by atoms with Gasteiger partial charge < -0.3 is 0 Å². The number of nitrogens with zero attached hydrogens (tertiary/aromatic N) is 1. The molecule has 0 aliphatic carbocycles. The Morgan fingerprint density at radius 2 is 1.50 bits per heavy atom. The van der Waals surface area contributed by atoms with E-state index < -0.39 is 0 Å². The molecule has 24 heavy (non-hydrogen) atoms. The number of aromatic nitrogens is 1. The van der Waals surface area contributed by atoms with Crippen LogP contribution in [0.4, 0.5) is 0 Å². The zero-order valence-corrected chi connectivity index (χ0v) is 14.2. The maximum absolute atomic E-state index is 4.15. The summed E-state index contributed by atoms with van der Waals surface area (Å²) in [6.07, 6.45) is 7.67. The summed E-state index contributed by atoms with van der Waals surface area (Å²) in [6.45, 7) is 8.10. The second-order valence-electron chi connectivity index (χ2n) is 5.98. The van der Waals surface area contributed by atoms with Gasteiger partial charge in [-0.25, -0.2) is 0 Å². The van der Waals surface area contributed by atoms with Gasteiger partial charge in [0.1, 0.15) is 0 Å². The zero-order valence-electron chi connectivity index (χ0n) is 14.2. The predicted octanol–water partition coefficient (Wildman–Crippen LogP) is 6.26. The lowest BCUT2D eigenvalue weighted by molar-refractivity contribution is 1.31. The highest BCUT2D eigenvalue weighted by molar-refractivity contribution is 5.83. The average Bonchev–Trinajstić information content (AvgIpc) is 2.63. The molecule has 1 nitrogen and oxygen atoms in total. The minimum atomic E-state index is 1.05. The van der Waals surface area contributed by atoms with E-state index in [0.29, 0.717) is 0 Å². The van der Waals surface area contributed by atoms with Crippen LogP contribution in [0.5, 0.6) is 0 Å². The number of benzene rings is 2. The van der Waals surface area contributed by atoms with E-state index in [1.165, 1.54) is 27.8 Å². The lowest BCUT2D eigenvalue weighted by Gasteiger charge is -2.07. The van der Waals surface area contributed by atoms with Crippen LogP contribution in [0.3, 0.4) is 0 Å². The molecule has 0 saturated carbocycles. The highest BCUT2D eigenvalue weighted by Crippen LogP contribution is 2.24. The van der Waals surface area contributed by atoms with Gasteiger partial charge in [-0.05, 0) is 53.3 Å². The topological polar surface area (TPSA) is 12.9 Å². The van der Waals surface area contributed by atoms with E-state index in [2.05, 4.69) is 80.0 Å². The Kier molecular flexibility index (Phi) is 4.72. The van der Waals surface area contributed by atoms with Gasteiger partial charge >= 0.3 is 0 Å². The van der Waals surface area contributed by atoms with Crippen molar-refractivity contribution >= 4 is 17.7 Å². The first kappa shape index (κ1) is 15.9. The fraction of sp³-hybridized carbons (Fsp3) is 0.0870. The summed E-state index contributed by atoms with van der Waals surface area (Å²) < 4.78 is 0. The number of pyridine rings is 1. The summed E-state index contributed by atoms with van der Waals surface area (Å²) in [5, 5.41) is 0. The lowest BCUT2D eigenvalue weighted by Crippen LogP contribution is -1.85. The molecule has 0 spiro atoms. The SMILES string of the molecule is C=Cc1cnccc1/C=C(\C)c1ccc(-c2ccc(C)cc2)cc1. The van der Waals surface area contributed by atoms with E-state index in [-0.39, 0.29) is 0 Å². The van der Waals surface area contributed by atoms with E-state index in [1.807, 2.05) is 24.5 Å². The van der Waals surface area contributed by atoms with Crippen LogP contribution in [-0.2, 0) is 0 Å². The highest BCUT2D eigenvalue weighted by atomic mass is 14.6. The van der Waals surface area contributed by atoms with Crippen molar-refractivity contribution in [3.05, 3.63) is 95.8 Å². The van der Waals surface area contributed by atoms with Gasteiger partial charge in [0.2, 0.25) is 0 Å². The molecule has 1 heteroatoms. The maximum Gasteiger partial charge on any atom is 0.0346 e. The molecule has 2 aromatic carbocycles. The third kappa shape index (κ3) is 3.52. The first-order valence-corrected chi connectivity index (χ1v) is 8.09. The molecule has 0 atom stereocenters. The van der Waals surface area contributed by atoms with Crippen LogP contribution in [0.2, 0.25) is 0 Å². The van der Waals surface area contributed by atoms with Crippen LogP contribution in [0, 0.1) is 6.92 Å². The molecule has 0 unspecified atom stereocenters. The number of aryl methyl sites for hydroxylation is 1. The highest BCUT2D eigenvalue weighted by Gasteiger charge is 2.01. The summed E-state index contributed by atoms with van der Waals surface area (Å²) in [6, 6.07) is 19.4. The van der Waals surface area contributed by atoms with Crippen molar-refractivity contribution in [2.24, 2.45) is 0 Å². The molecule has 0 radical (unpaired) electrons. The fourth-order valence-corrected chi connectivity index (χ4v) is 2.71. The molecular weight excluding hydrogens is 290 g/mol. The third-order valence-corrected chi connectivity index (χ3v) is 4.20. The molecule has 0 aliphatic heterocycles. The van der Waals surface area contributed by atoms with Gasteiger partial charge in [0.05, 0.1) is 0 Å². The van der Waals surface area contributed by atoms with E-state index >= 15 is 0 Å². The largest absolute Gasteiger partial charge is 0.264 e. The van der Waals surface area contributed by atoms with Gasteiger partial charge in [0, 0.05) is 12.4 Å². The first-order valence-electron chi connectivity index (χ1n) is 8.09. The minimum absolute atomic E-state index is 1.05. The third-order valence-electron chi connectivity index (χ3n) is 4.20. The molecule has 0 aliphatic rings. The molecule has 1 aromatic heterocycles. The number of rotatable bonds is 4. The molecule has 0 fully saturated rings. The molecule has 0 bridgehead atoms. The predicted molar refractivity (Wildman–Crippen MR) is 104 cm³/mol. The summed E-state index contributed by atoms with van der Waals surface area (Å²) in [4.78, 5) is 4.15. The second kappa shape index (κ2) is 7.10. The van der Waals surface area contributed by atoms with Crippen molar-refractivity contribution in [3.63, 3.8) is 0 Å². The summed E-state index contributed by atoms with van der Waals surface area (Å²) in [5.74, 6) is 0. The van der Waals surface area contributed by atoms with E-state index in [0.717, 1.165) is 11.1 Å². The normalized spacial score (nSPS) is 11.3. The Hall–Kier alpha value is -2.93. The molecule has 3 rings (SSSR count). The van der Waals surface area contributed by atoms with Crippen molar-refractivity contribution < 1.29 is 0 Å². The Labute approximate surface area is 144 Å². The van der Waals surface area contributed by atoms with E-state index in [1.54, 1.807) is 0 Å². The molecule has 1 heterocycles. The van der Waals surface area contributed by atoms with Crippen LogP contribution in [0.25, 0.3) is 28.9 Å². The van der Waals surface area contributed by atoms with Crippen LogP contribution in [0.1, 0.15) is 29.2 Å². The fourth-order valence-electron chi connectivity index (χ4n) is 2.71. The summed E-state index contributed by atoms with van der Waals surface area (Å²) >= 11 is 0. The van der Waals surface area contributed by atoms with Crippen molar-refractivity contribution in [3.8, 4) is 11.1 Å². The van der Waals surface area contributed by atoms with Crippen molar-refractivity contribution in [2.45, 2.75) is 13.8 Å². The van der Waals surface area contributed by atoms with Gasteiger partial charge in [-0.2, -0.15) is 0 Å². The molecule has 3 aromatic rings. The van der Waals surface area contributed by atoms with Gasteiger partial charge in [-0.15, -0.1) is 0 Å². The number of hydrogen-bond donors (Lipinski definition) is 0. The molecule has 118 valence electrons. The minimum Gasteiger partial charge on any atom is -0.264 e. The molecular formula is C23H21N. The van der Waals surface area contributed by atoms with Crippen molar-refractivity contribution in [1.29, 1.82) is 0 Å². The van der Waals surface area contributed by atoms with Gasteiger partial charge in [-0.3, -0.25) is 4.98 Å². The Morgan fingerprint density at radius 1 is 0.875 bits per heavy atom. The first-order chi connectivity index (χ1) is 11.7. The molecule has 0 amide bonds. The Bertz CT molecular complexity index is 869. The smallest absolute Gasteiger partial charge is 0.0346 e. The molecule has 0 N–H and O–H groups in total. The number of allylic oxidation sites excluding steroid dienone is 1. The van der Waals surface area contributed by atoms with Crippen LogP contribution in [-0.4, -0.2) is 4.98 Å². The Morgan fingerprint density at radius 3 is 2.12 bits per heavy atom. The van der Waals surface area contributed by atoms with E-state index in [9.17, 15) is 0 Å². The lowest BCUT2D eigenvalue weighted by atomic mass is 9.98. The van der Waals surface area contributed by atoms with Crippen molar-refractivity contribution in [1.82, 2.24) is 4.98 Å². The summed E-state index contributed by atoms with van der Waals surface area (Å²) in [7, 11) is 0. The summed E-state index contributed by atoms with van der Waals surface area (Å²) in [5.41, 5.74) is 8.40. The second-order valence-corrected chi connectivity index (χ2v) is 5.98. The van der Waals surface area contributed by atoms with Crippen LogP contribution >= 0.6 is 0 Å². The number of hydrogen-bond acceptors (Lipinski definition) is 1. The maximum atomic E-state index is 4.15. The monoisotopic (exact) mass is 311 g/mol. The van der Waals surface area contributed by atoms with Crippen molar-refractivity contribution in [2.75, 3.05) is 0 Å². The van der Waals surface area contributed by atoms with E-state index in [4.69, 9.17) is 0 Å². The van der Waals surface area contributed by atoms with Crippen LogP contribution < -0.4 is 0 Å². The van der Waals surface area contributed by atoms with Crippen LogP contribution in [0.15, 0.2) is 73.6 Å².